The standard InChI is InChI=1S/C14H24N2O/c1-11-6-7-13(17-5)12(10-11)16(4)9-8-14(2,3)15/h6-7,10H,8-9,15H2,1-5H3. The van der Waals surface area contributed by atoms with E-state index in [0.717, 1.165) is 24.4 Å². The molecule has 0 heterocycles. The molecule has 0 aliphatic rings. The van der Waals surface area contributed by atoms with Crippen LogP contribution in [0.25, 0.3) is 0 Å². The number of rotatable bonds is 5. The van der Waals surface area contributed by atoms with Crippen molar-refractivity contribution in [1.29, 1.82) is 0 Å². The molecule has 2 N–H and O–H groups in total. The Morgan fingerprint density at radius 3 is 2.53 bits per heavy atom. The minimum atomic E-state index is -0.134. The van der Waals surface area contributed by atoms with E-state index in [1.165, 1.54) is 5.56 Å². The second-order valence-electron chi connectivity index (χ2n) is 5.34. The lowest BCUT2D eigenvalue weighted by molar-refractivity contribution is 0.413. The van der Waals surface area contributed by atoms with Crippen LogP contribution in [0.15, 0.2) is 18.2 Å². The summed E-state index contributed by atoms with van der Waals surface area (Å²) in [5, 5.41) is 0. The summed E-state index contributed by atoms with van der Waals surface area (Å²) in [6, 6.07) is 6.21. The Kier molecular flexibility index (Phi) is 4.40. The van der Waals surface area contributed by atoms with Gasteiger partial charge in [0.25, 0.3) is 0 Å². The lowest BCUT2D eigenvalue weighted by Gasteiger charge is -2.26. The van der Waals surface area contributed by atoms with Crippen molar-refractivity contribution < 1.29 is 4.74 Å². The molecule has 0 spiro atoms. The molecule has 0 fully saturated rings. The number of nitrogens with zero attached hydrogens (tertiary/aromatic N) is 1. The van der Waals surface area contributed by atoms with Gasteiger partial charge in [0.2, 0.25) is 0 Å². The molecule has 1 aromatic rings. The van der Waals surface area contributed by atoms with Gasteiger partial charge in [-0.2, -0.15) is 0 Å². The maximum Gasteiger partial charge on any atom is 0.142 e. The number of ether oxygens (including phenoxy) is 1. The smallest absolute Gasteiger partial charge is 0.142 e. The summed E-state index contributed by atoms with van der Waals surface area (Å²) >= 11 is 0. The van der Waals surface area contributed by atoms with E-state index in [-0.39, 0.29) is 5.54 Å². The fraction of sp³-hybridized carbons (Fsp3) is 0.571. The van der Waals surface area contributed by atoms with Crippen LogP contribution in [-0.4, -0.2) is 26.2 Å². The summed E-state index contributed by atoms with van der Waals surface area (Å²) in [4.78, 5) is 2.19. The van der Waals surface area contributed by atoms with E-state index in [9.17, 15) is 0 Å². The van der Waals surface area contributed by atoms with Crippen LogP contribution in [0.4, 0.5) is 5.69 Å². The minimum Gasteiger partial charge on any atom is -0.495 e. The van der Waals surface area contributed by atoms with Gasteiger partial charge in [-0.3, -0.25) is 0 Å². The highest BCUT2D eigenvalue weighted by molar-refractivity contribution is 5.59. The molecule has 0 radical (unpaired) electrons. The molecule has 0 amide bonds. The van der Waals surface area contributed by atoms with E-state index in [4.69, 9.17) is 10.5 Å². The van der Waals surface area contributed by atoms with Crippen LogP contribution in [0.5, 0.6) is 5.75 Å². The normalized spacial score (nSPS) is 11.4. The molecule has 1 rings (SSSR count). The van der Waals surface area contributed by atoms with E-state index < -0.39 is 0 Å². The number of nitrogens with two attached hydrogens (primary N) is 1. The SMILES string of the molecule is COc1ccc(C)cc1N(C)CCC(C)(C)N. The van der Waals surface area contributed by atoms with E-state index in [1.54, 1.807) is 7.11 Å². The second-order valence-corrected chi connectivity index (χ2v) is 5.34. The molecule has 1 aromatic carbocycles. The first-order valence-electron chi connectivity index (χ1n) is 5.98. The number of aryl methyl sites for hydroxylation is 1. The number of anilines is 1. The number of hydrogen-bond donors (Lipinski definition) is 1. The Morgan fingerprint density at radius 1 is 1.35 bits per heavy atom. The van der Waals surface area contributed by atoms with Crippen molar-refractivity contribution in [1.82, 2.24) is 0 Å². The zero-order valence-corrected chi connectivity index (χ0v) is 11.6. The fourth-order valence-corrected chi connectivity index (χ4v) is 1.67. The van der Waals surface area contributed by atoms with Crippen molar-refractivity contribution in [3.05, 3.63) is 23.8 Å². The Bertz CT molecular complexity index is 369. The van der Waals surface area contributed by atoms with Crippen molar-refractivity contribution >= 4 is 5.69 Å². The number of benzene rings is 1. The van der Waals surface area contributed by atoms with Crippen molar-refractivity contribution in [3.63, 3.8) is 0 Å². The third kappa shape index (κ3) is 4.27. The van der Waals surface area contributed by atoms with Gasteiger partial charge in [0, 0.05) is 19.1 Å². The molecule has 0 unspecified atom stereocenters. The molecule has 0 saturated heterocycles. The molecule has 0 saturated carbocycles. The fourth-order valence-electron chi connectivity index (χ4n) is 1.67. The van der Waals surface area contributed by atoms with Crippen LogP contribution in [0.1, 0.15) is 25.8 Å². The number of hydrogen-bond acceptors (Lipinski definition) is 3. The van der Waals surface area contributed by atoms with Gasteiger partial charge >= 0.3 is 0 Å². The lowest BCUT2D eigenvalue weighted by atomic mass is 10.0. The molecule has 0 aliphatic heterocycles. The second kappa shape index (κ2) is 5.41. The van der Waals surface area contributed by atoms with Crippen LogP contribution in [0.3, 0.4) is 0 Å². The van der Waals surface area contributed by atoms with Gasteiger partial charge < -0.3 is 15.4 Å². The van der Waals surface area contributed by atoms with Crippen molar-refractivity contribution in [2.75, 3.05) is 25.6 Å². The van der Waals surface area contributed by atoms with Crippen LogP contribution in [0.2, 0.25) is 0 Å². The predicted molar refractivity (Wildman–Crippen MR) is 73.9 cm³/mol. The van der Waals surface area contributed by atoms with E-state index in [1.807, 2.05) is 19.9 Å². The molecule has 0 aromatic heterocycles. The summed E-state index contributed by atoms with van der Waals surface area (Å²) in [7, 11) is 3.78. The van der Waals surface area contributed by atoms with Gasteiger partial charge in [0.15, 0.2) is 0 Å². The quantitative estimate of drug-likeness (QED) is 0.854. The molecule has 0 aliphatic carbocycles. The lowest BCUT2D eigenvalue weighted by Crippen LogP contribution is -2.36. The van der Waals surface area contributed by atoms with Gasteiger partial charge in [0.05, 0.1) is 12.8 Å². The van der Waals surface area contributed by atoms with Crippen molar-refractivity contribution in [2.24, 2.45) is 5.73 Å². The summed E-state index contributed by atoms with van der Waals surface area (Å²) in [6.07, 6.45) is 0.945. The summed E-state index contributed by atoms with van der Waals surface area (Å²) in [5.41, 5.74) is 8.23. The molecular weight excluding hydrogens is 212 g/mol. The first-order valence-corrected chi connectivity index (χ1v) is 5.98. The minimum absolute atomic E-state index is 0.134. The molecule has 3 heteroatoms. The highest BCUT2D eigenvalue weighted by Gasteiger charge is 2.14. The average Bonchev–Trinajstić information content (AvgIpc) is 2.25. The summed E-state index contributed by atoms with van der Waals surface area (Å²) in [5.74, 6) is 0.910. The van der Waals surface area contributed by atoms with Crippen LogP contribution < -0.4 is 15.4 Å². The summed E-state index contributed by atoms with van der Waals surface area (Å²) in [6.45, 7) is 7.11. The first-order chi connectivity index (χ1) is 7.83. The van der Waals surface area contributed by atoms with Gasteiger partial charge in [-0.05, 0) is 44.9 Å². The zero-order chi connectivity index (χ0) is 13.1. The van der Waals surface area contributed by atoms with E-state index in [2.05, 4.69) is 31.0 Å². The van der Waals surface area contributed by atoms with Crippen LogP contribution in [0, 0.1) is 6.92 Å². The van der Waals surface area contributed by atoms with Crippen molar-refractivity contribution in [3.8, 4) is 5.75 Å². The topological polar surface area (TPSA) is 38.5 Å². The Morgan fingerprint density at radius 2 is 2.00 bits per heavy atom. The van der Waals surface area contributed by atoms with E-state index >= 15 is 0 Å². The largest absolute Gasteiger partial charge is 0.495 e. The number of methoxy groups -OCH3 is 1. The average molecular weight is 236 g/mol. The molecule has 3 nitrogen and oxygen atoms in total. The van der Waals surface area contributed by atoms with Gasteiger partial charge in [-0.1, -0.05) is 6.07 Å². The van der Waals surface area contributed by atoms with Crippen LogP contribution >= 0.6 is 0 Å². The molecule has 0 bridgehead atoms. The monoisotopic (exact) mass is 236 g/mol. The molecular formula is C14H24N2O. The highest BCUT2D eigenvalue weighted by atomic mass is 16.5. The third-order valence-electron chi connectivity index (χ3n) is 2.84. The third-order valence-corrected chi connectivity index (χ3v) is 2.84. The molecule has 96 valence electrons. The molecule has 17 heavy (non-hydrogen) atoms. The van der Waals surface area contributed by atoms with E-state index in [0.29, 0.717) is 0 Å². The Labute approximate surface area is 105 Å². The van der Waals surface area contributed by atoms with Gasteiger partial charge in [-0.15, -0.1) is 0 Å². The van der Waals surface area contributed by atoms with Gasteiger partial charge in [0.1, 0.15) is 5.75 Å². The van der Waals surface area contributed by atoms with Crippen LogP contribution in [-0.2, 0) is 0 Å². The maximum atomic E-state index is 6.00. The van der Waals surface area contributed by atoms with Crippen molar-refractivity contribution in [2.45, 2.75) is 32.7 Å². The molecule has 0 atom stereocenters. The Balaban J connectivity index is 2.80. The Hall–Kier alpha value is -1.22. The summed E-state index contributed by atoms with van der Waals surface area (Å²) < 4.78 is 5.38. The predicted octanol–water partition coefficient (Wildman–Crippen LogP) is 2.57. The van der Waals surface area contributed by atoms with Gasteiger partial charge in [-0.25, -0.2) is 0 Å². The maximum absolute atomic E-state index is 6.00. The highest BCUT2D eigenvalue weighted by Crippen LogP contribution is 2.28. The first kappa shape index (κ1) is 13.8. The zero-order valence-electron chi connectivity index (χ0n) is 11.6.